The molecule has 7 heteroatoms. The van der Waals surface area contributed by atoms with Crippen molar-refractivity contribution in [1.82, 2.24) is 9.80 Å². The van der Waals surface area contributed by atoms with E-state index in [1.165, 1.54) is 0 Å². The number of ether oxygens (including phenoxy) is 2. The van der Waals surface area contributed by atoms with Crippen LogP contribution in [0.25, 0.3) is 0 Å². The van der Waals surface area contributed by atoms with Crippen LogP contribution in [-0.4, -0.2) is 73.1 Å². The molecule has 0 bridgehead atoms. The first-order valence-electron chi connectivity index (χ1n) is 11.3. The molecule has 33 heavy (non-hydrogen) atoms. The maximum atomic E-state index is 13.5. The van der Waals surface area contributed by atoms with Crippen LogP contribution in [0.15, 0.2) is 59.9 Å². The molecule has 2 aromatic carbocycles. The Labute approximate surface area is 194 Å². The molecule has 0 saturated carbocycles. The van der Waals surface area contributed by atoms with Gasteiger partial charge < -0.3 is 19.5 Å². The number of aliphatic hydroxyl groups is 1. The molecule has 1 fully saturated rings. The number of carbonyl (C=O) groups is 2. The van der Waals surface area contributed by atoms with Crippen molar-refractivity contribution in [2.45, 2.75) is 19.4 Å². The fourth-order valence-electron chi connectivity index (χ4n) is 4.42. The van der Waals surface area contributed by atoms with E-state index in [2.05, 4.69) is 4.90 Å². The Morgan fingerprint density at radius 1 is 1.12 bits per heavy atom. The van der Waals surface area contributed by atoms with E-state index in [0.717, 1.165) is 37.2 Å². The number of morpholine rings is 1. The van der Waals surface area contributed by atoms with E-state index in [9.17, 15) is 14.7 Å². The third-order valence-electron chi connectivity index (χ3n) is 6.25. The average molecular weight is 451 g/mol. The number of methoxy groups -OCH3 is 1. The van der Waals surface area contributed by atoms with Crippen LogP contribution in [0.3, 0.4) is 0 Å². The summed E-state index contributed by atoms with van der Waals surface area (Å²) in [5.74, 6) is -0.703. The summed E-state index contributed by atoms with van der Waals surface area (Å²) in [7, 11) is 1.57. The van der Waals surface area contributed by atoms with Crippen LogP contribution < -0.4 is 4.74 Å². The maximum absolute atomic E-state index is 13.5. The van der Waals surface area contributed by atoms with Gasteiger partial charge in [-0.2, -0.15) is 0 Å². The summed E-state index contributed by atoms with van der Waals surface area (Å²) in [5.41, 5.74) is 2.32. The normalized spacial score (nSPS) is 19.3. The van der Waals surface area contributed by atoms with E-state index < -0.39 is 17.7 Å². The van der Waals surface area contributed by atoms with E-state index in [4.69, 9.17) is 9.47 Å². The maximum Gasteiger partial charge on any atom is 0.290 e. The van der Waals surface area contributed by atoms with Gasteiger partial charge in [-0.05, 0) is 31.0 Å². The van der Waals surface area contributed by atoms with E-state index in [-0.39, 0.29) is 11.4 Å². The molecule has 0 aliphatic carbocycles. The molecule has 1 saturated heterocycles. The zero-order valence-corrected chi connectivity index (χ0v) is 19.1. The summed E-state index contributed by atoms with van der Waals surface area (Å²) >= 11 is 0. The standard InChI is InChI=1S/C26H30N2O5/c1-18-7-9-19(10-8-18)24(29)22-23(20-5-3-6-21(17-20)32-2)28(26(31)25(22)30)12-4-11-27-13-15-33-16-14-27/h3,5-10,17,23,30H,4,11-16H2,1-2H3. The second kappa shape index (κ2) is 10.2. The number of hydrogen-bond acceptors (Lipinski definition) is 6. The number of Topliss-reactive ketones (excluding diaryl/α,β-unsaturated/α-hetero) is 1. The predicted octanol–water partition coefficient (Wildman–Crippen LogP) is 3.30. The Hall–Kier alpha value is -3.16. The predicted molar refractivity (Wildman–Crippen MR) is 124 cm³/mol. The van der Waals surface area contributed by atoms with Crippen LogP contribution in [0.2, 0.25) is 0 Å². The molecule has 2 aliphatic heterocycles. The summed E-state index contributed by atoms with van der Waals surface area (Å²) in [6.07, 6.45) is 0.728. The molecule has 1 atom stereocenters. The van der Waals surface area contributed by atoms with E-state index in [1.54, 1.807) is 24.1 Å². The molecule has 0 aromatic heterocycles. The highest BCUT2D eigenvalue weighted by molar-refractivity contribution is 6.16. The van der Waals surface area contributed by atoms with Crippen molar-refractivity contribution in [1.29, 1.82) is 0 Å². The van der Waals surface area contributed by atoms with Gasteiger partial charge in [-0.3, -0.25) is 14.5 Å². The van der Waals surface area contributed by atoms with Crippen LogP contribution in [0.4, 0.5) is 0 Å². The molecular formula is C26H30N2O5. The van der Waals surface area contributed by atoms with Gasteiger partial charge in [-0.15, -0.1) is 0 Å². The minimum absolute atomic E-state index is 0.114. The number of amides is 1. The van der Waals surface area contributed by atoms with Crippen LogP contribution >= 0.6 is 0 Å². The molecule has 4 rings (SSSR count). The van der Waals surface area contributed by atoms with Crippen molar-refractivity contribution in [2.75, 3.05) is 46.5 Å². The fraction of sp³-hybridized carbons (Fsp3) is 0.385. The number of aryl methyl sites for hydroxylation is 1. The van der Waals surface area contributed by atoms with Gasteiger partial charge in [0.25, 0.3) is 5.91 Å². The highest BCUT2D eigenvalue weighted by Gasteiger charge is 2.43. The summed E-state index contributed by atoms with van der Waals surface area (Å²) in [6.45, 7) is 6.35. The highest BCUT2D eigenvalue weighted by atomic mass is 16.5. The smallest absolute Gasteiger partial charge is 0.290 e. The lowest BCUT2D eigenvalue weighted by Crippen LogP contribution is -2.39. The molecular weight excluding hydrogens is 420 g/mol. The Balaban J connectivity index is 1.63. The van der Waals surface area contributed by atoms with Crippen LogP contribution in [-0.2, 0) is 9.53 Å². The zero-order chi connectivity index (χ0) is 23.4. The Bertz CT molecular complexity index is 1040. The fourth-order valence-corrected chi connectivity index (χ4v) is 4.42. The van der Waals surface area contributed by atoms with Gasteiger partial charge in [0.2, 0.25) is 0 Å². The molecule has 0 spiro atoms. The largest absolute Gasteiger partial charge is 0.503 e. The van der Waals surface area contributed by atoms with Crippen LogP contribution in [0.1, 0.15) is 33.9 Å². The van der Waals surface area contributed by atoms with E-state index >= 15 is 0 Å². The van der Waals surface area contributed by atoms with E-state index in [0.29, 0.717) is 31.1 Å². The van der Waals surface area contributed by atoms with Crippen LogP contribution in [0.5, 0.6) is 5.75 Å². The molecule has 1 amide bonds. The first kappa shape index (κ1) is 23.0. The second-order valence-corrected chi connectivity index (χ2v) is 8.44. The third-order valence-corrected chi connectivity index (χ3v) is 6.25. The van der Waals surface area contributed by atoms with Gasteiger partial charge in [0.1, 0.15) is 5.75 Å². The van der Waals surface area contributed by atoms with Gasteiger partial charge in [-0.1, -0.05) is 42.0 Å². The minimum Gasteiger partial charge on any atom is -0.503 e. The first-order valence-corrected chi connectivity index (χ1v) is 11.3. The van der Waals surface area contributed by atoms with Crippen molar-refractivity contribution < 1.29 is 24.2 Å². The van der Waals surface area contributed by atoms with Crippen molar-refractivity contribution in [3.05, 3.63) is 76.6 Å². The molecule has 2 aliphatic rings. The first-order chi connectivity index (χ1) is 16.0. The zero-order valence-electron chi connectivity index (χ0n) is 19.1. The molecule has 2 aromatic rings. The Morgan fingerprint density at radius 2 is 1.85 bits per heavy atom. The summed E-state index contributed by atoms with van der Waals surface area (Å²) < 4.78 is 10.8. The lowest BCUT2D eigenvalue weighted by Gasteiger charge is -2.30. The lowest BCUT2D eigenvalue weighted by molar-refractivity contribution is -0.129. The number of carbonyl (C=O) groups excluding carboxylic acids is 2. The third kappa shape index (κ3) is 4.94. The monoisotopic (exact) mass is 450 g/mol. The quantitative estimate of drug-likeness (QED) is 0.622. The number of benzene rings is 2. The molecule has 7 nitrogen and oxygen atoms in total. The van der Waals surface area contributed by atoms with Crippen LogP contribution in [0, 0.1) is 6.92 Å². The summed E-state index contributed by atoms with van der Waals surface area (Å²) in [4.78, 5) is 30.5. The number of nitrogens with zero attached hydrogens (tertiary/aromatic N) is 2. The van der Waals surface area contributed by atoms with E-state index in [1.807, 2.05) is 43.3 Å². The number of aliphatic hydroxyl groups excluding tert-OH is 1. The number of rotatable bonds is 8. The topological polar surface area (TPSA) is 79.3 Å². The molecule has 0 radical (unpaired) electrons. The Kier molecular flexibility index (Phi) is 7.11. The molecule has 1 N–H and O–H groups in total. The number of hydrogen-bond donors (Lipinski definition) is 1. The lowest BCUT2D eigenvalue weighted by atomic mass is 9.92. The minimum atomic E-state index is -0.675. The molecule has 174 valence electrons. The SMILES string of the molecule is COc1cccc(C2C(C(=O)c3ccc(C)cc3)=C(O)C(=O)N2CCCN2CCOCC2)c1. The summed E-state index contributed by atoms with van der Waals surface area (Å²) in [5, 5.41) is 10.8. The molecule has 1 unspecified atom stereocenters. The van der Waals surface area contributed by atoms with Crippen molar-refractivity contribution in [3.63, 3.8) is 0 Å². The highest BCUT2D eigenvalue weighted by Crippen LogP contribution is 2.40. The Morgan fingerprint density at radius 3 is 2.55 bits per heavy atom. The van der Waals surface area contributed by atoms with Gasteiger partial charge >= 0.3 is 0 Å². The van der Waals surface area contributed by atoms with Gasteiger partial charge in [0.15, 0.2) is 11.5 Å². The molecule has 2 heterocycles. The van der Waals surface area contributed by atoms with Gasteiger partial charge in [0, 0.05) is 31.7 Å². The van der Waals surface area contributed by atoms with Gasteiger partial charge in [0.05, 0.1) is 31.9 Å². The van der Waals surface area contributed by atoms with Gasteiger partial charge in [-0.25, -0.2) is 0 Å². The van der Waals surface area contributed by atoms with Crippen molar-refractivity contribution in [2.24, 2.45) is 0 Å². The number of ketones is 1. The van der Waals surface area contributed by atoms with Crippen molar-refractivity contribution in [3.8, 4) is 5.75 Å². The van der Waals surface area contributed by atoms with Crippen molar-refractivity contribution >= 4 is 11.7 Å². The summed E-state index contributed by atoms with van der Waals surface area (Å²) in [6, 6.07) is 13.8. The second-order valence-electron chi connectivity index (χ2n) is 8.44. The average Bonchev–Trinajstić information content (AvgIpc) is 3.10.